The number of fused-ring (bicyclic) bond motifs is 2. The molecule has 0 amide bonds. The molecule has 0 bridgehead atoms. The van der Waals surface area contributed by atoms with Crippen molar-refractivity contribution in [2.45, 2.75) is 39.8 Å². The molecule has 0 spiro atoms. The number of aryl methyl sites for hydroxylation is 1. The zero-order valence-electron chi connectivity index (χ0n) is 18.2. The van der Waals surface area contributed by atoms with E-state index in [1.54, 1.807) is 12.1 Å². The van der Waals surface area contributed by atoms with Crippen LogP contribution in [0.15, 0.2) is 28.4 Å². The van der Waals surface area contributed by atoms with Gasteiger partial charge in [0, 0.05) is 28.7 Å². The molecule has 1 N–H and O–H groups in total. The van der Waals surface area contributed by atoms with Crippen LogP contribution in [0.1, 0.15) is 52.4 Å². The molecule has 6 nitrogen and oxygen atoms in total. The van der Waals surface area contributed by atoms with Gasteiger partial charge in [-0.2, -0.15) is 0 Å². The predicted molar refractivity (Wildman–Crippen MR) is 124 cm³/mol. The zero-order chi connectivity index (χ0) is 22.4. The van der Waals surface area contributed by atoms with E-state index in [0.29, 0.717) is 47.3 Å². The molecule has 32 heavy (non-hydrogen) atoms. The molecule has 1 unspecified atom stereocenters. The minimum absolute atomic E-state index is 0.172. The minimum Gasteiger partial charge on any atom is -0.507 e. The maximum Gasteiger partial charge on any atom is 0.232 e. The summed E-state index contributed by atoms with van der Waals surface area (Å²) in [7, 11) is 0. The van der Waals surface area contributed by atoms with Crippen molar-refractivity contribution in [2.24, 2.45) is 5.92 Å². The SMILES string of the molecule is Cc1cc(O)c(CN2CCCC(C)C2)c2c1C(=O)/C(=C\c1cc(Br)cc3c1OCOC3)O2. The molecule has 1 fully saturated rings. The summed E-state index contributed by atoms with van der Waals surface area (Å²) in [6, 6.07) is 5.52. The van der Waals surface area contributed by atoms with Crippen molar-refractivity contribution in [3.8, 4) is 17.2 Å². The van der Waals surface area contributed by atoms with Gasteiger partial charge in [-0.15, -0.1) is 0 Å². The first kappa shape index (κ1) is 21.5. The molecule has 7 heteroatoms. The first-order chi connectivity index (χ1) is 15.4. The van der Waals surface area contributed by atoms with Gasteiger partial charge in [-0.05, 0) is 62.1 Å². The lowest BCUT2D eigenvalue weighted by Crippen LogP contribution is -2.33. The van der Waals surface area contributed by atoms with Crippen LogP contribution in [0.2, 0.25) is 0 Å². The van der Waals surface area contributed by atoms with Crippen LogP contribution < -0.4 is 9.47 Å². The summed E-state index contributed by atoms with van der Waals surface area (Å²) >= 11 is 3.52. The highest BCUT2D eigenvalue weighted by Gasteiger charge is 2.34. The van der Waals surface area contributed by atoms with Gasteiger partial charge in [-0.3, -0.25) is 9.69 Å². The molecule has 2 aromatic carbocycles. The summed E-state index contributed by atoms with van der Waals surface area (Å²) < 4.78 is 18.1. The van der Waals surface area contributed by atoms with Crippen molar-refractivity contribution < 1.29 is 24.1 Å². The third-order valence-corrected chi connectivity index (χ3v) is 6.79. The molecule has 3 aliphatic heterocycles. The van der Waals surface area contributed by atoms with Crippen LogP contribution in [-0.2, 0) is 17.9 Å². The summed E-state index contributed by atoms with van der Waals surface area (Å²) in [6.45, 7) is 7.22. The summed E-state index contributed by atoms with van der Waals surface area (Å²) in [5.41, 5.74) is 3.58. The van der Waals surface area contributed by atoms with Crippen LogP contribution in [-0.4, -0.2) is 35.7 Å². The van der Waals surface area contributed by atoms with E-state index >= 15 is 0 Å². The van der Waals surface area contributed by atoms with E-state index < -0.39 is 0 Å². The standard InChI is InChI=1S/C25H26BrNO5/c1-14-4-3-5-27(10-14)11-19-20(28)6-15(2)22-23(29)21(32-25(19)22)9-16-7-18(26)8-17-12-30-13-31-24(16)17/h6-9,14,28H,3-5,10-13H2,1-2H3/b21-9+. The van der Waals surface area contributed by atoms with Crippen molar-refractivity contribution in [2.75, 3.05) is 19.9 Å². The average molecular weight is 500 g/mol. The van der Waals surface area contributed by atoms with Crippen molar-refractivity contribution in [3.63, 3.8) is 0 Å². The lowest BCUT2D eigenvalue weighted by Gasteiger charge is -2.31. The first-order valence-electron chi connectivity index (χ1n) is 11.0. The summed E-state index contributed by atoms with van der Waals surface area (Å²) in [5, 5.41) is 10.7. The number of hydrogen-bond donors (Lipinski definition) is 1. The molecular weight excluding hydrogens is 474 g/mol. The second-order valence-corrected chi connectivity index (χ2v) is 9.83. The number of nitrogens with zero attached hydrogens (tertiary/aromatic N) is 1. The number of benzene rings is 2. The second-order valence-electron chi connectivity index (χ2n) is 8.91. The Morgan fingerprint density at radius 2 is 2.12 bits per heavy atom. The molecule has 2 aromatic rings. The first-order valence-corrected chi connectivity index (χ1v) is 11.7. The van der Waals surface area contributed by atoms with Gasteiger partial charge < -0.3 is 19.3 Å². The second kappa shape index (κ2) is 8.54. The minimum atomic E-state index is -0.174. The molecule has 1 atom stereocenters. The number of rotatable bonds is 3. The smallest absolute Gasteiger partial charge is 0.232 e. The van der Waals surface area contributed by atoms with Crippen molar-refractivity contribution >= 4 is 27.8 Å². The molecule has 5 rings (SSSR count). The van der Waals surface area contributed by atoms with Gasteiger partial charge in [0.2, 0.25) is 5.78 Å². The van der Waals surface area contributed by atoms with Crippen molar-refractivity contribution in [1.29, 1.82) is 0 Å². The van der Waals surface area contributed by atoms with Crippen molar-refractivity contribution in [3.05, 3.63) is 56.2 Å². The number of ketones is 1. The fourth-order valence-electron chi connectivity index (χ4n) is 4.84. The summed E-state index contributed by atoms with van der Waals surface area (Å²) in [5.74, 6) is 2.03. The van der Waals surface area contributed by atoms with Crippen molar-refractivity contribution in [1.82, 2.24) is 4.90 Å². The number of allylic oxidation sites excluding steroid dienone is 1. The van der Waals surface area contributed by atoms with E-state index in [0.717, 1.165) is 35.1 Å². The number of hydrogen-bond acceptors (Lipinski definition) is 6. The van der Waals surface area contributed by atoms with Crippen LogP contribution in [0.25, 0.3) is 6.08 Å². The molecule has 0 aliphatic carbocycles. The molecule has 3 heterocycles. The Hall–Kier alpha value is -2.35. The van der Waals surface area contributed by atoms with Crippen LogP contribution >= 0.6 is 15.9 Å². The molecule has 168 valence electrons. The van der Waals surface area contributed by atoms with Gasteiger partial charge in [-0.1, -0.05) is 22.9 Å². The highest BCUT2D eigenvalue weighted by atomic mass is 79.9. The van der Waals surface area contributed by atoms with E-state index in [4.69, 9.17) is 14.2 Å². The normalized spacial score (nSPS) is 21.8. The molecular formula is C25H26BrNO5. The van der Waals surface area contributed by atoms with Gasteiger partial charge in [0.05, 0.1) is 17.7 Å². The van der Waals surface area contributed by atoms with Gasteiger partial charge in [-0.25, -0.2) is 0 Å². The van der Waals surface area contributed by atoms with Crippen LogP contribution in [0.5, 0.6) is 17.2 Å². The highest BCUT2D eigenvalue weighted by molar-refractivity contribution is 9.10. The number of carbonyl (C=O) groups excluding carboxylic acids is 1. The van der Waals surface area contributed by atoms with Crippen LogP contribution in [0.3, 0.4) is 0 Å². The van der Waals surface area contributed by atoms with Crippen LogP contribution in [0.4, 0.5) is 0 Å². The lowest BCUT2D eigenvalue weighted by atomic mass is 9.97. The van der Waals surface area contributed by atoms with Gasteiger partial charge in [0.25, 0.3) is 0 Å². The maximum absolute atomic E-state index is 13.3. The predicted octanol–water partition coefficient (Wildman–Crippen LogP) is 5.18. The number of likely N-dealkylation sites (tertiary alicyclic amines) is 1. The van der Waals surface area contributed by atoms with Gasteiger partial charge >= 0.3 is 0 Å². The number of ether oxygens (including phenoxy) is 3. The van der Waals surface area contributed by atoms with E-state index in [1.165, 1.54) is 6.42 Å². The van der Waals surface area contributed by atoms with E-state index in [2.05, 4.69) is 27.8 Å². The van der Waals surface area contributed by atoms with E-state index in [1.807, 2.05) is 19.1 Å². The number of carbonyl (C=O) groups is 1. The Labute approximate surface area is 195 Å². The number of phenolic OH excluding ortho intramolecular Hbond substituents is 1. The monoisotopic (exact) mass is 499 g/mol. The topological polar surface area (TPSA) is 68.2 Å². The molecule has 1 saturated heterocycles. The van der Waals surface area contributed by atoms with Gasteiger partial charge in [0.15, 0.2) is 12.6 Å². The largest absolute Gasteiger partial charge is 0.507 e. The third kappa shape index (κ3) is 3.93. The summed E-state index contributed by atoms with van der Waals surface area (Å²) in [6.07, 6.45) is 4.08. The van der Waals surface area contributed by atoms with E-state index in [-0.39, 0.29) is 24.1 Å². The average Bonchev–Trinajstić information content (AvgIpc) is 3.07. The lowest BCUT2D eigenvalue weighted by molar-refractivity contribution is -0.0165. The Morgan fingerprint density at radius 1 is 1.28 bits per heavy atom. The number of piperidine rings is 1. The highest BCUT2D eigenvalue weighted by Crippen LogP contribution is 2.43. The Balaban J connectivity index is 1.52. The Bertz CT molecular complexity index is 1130. The quantitative estimate of drug-likeness (QED) is 0.587. The fourth-order valence-corrected chi connectivity index (χ4v) is 5.37. The number of aromatic hydroxyl groups is 1. The summed E-state index contributed by atoms with van der Waals surface area (Å²) in [4.78, 5) is 15.6. The molecule has 0 saturated carbocycles. The van der Waals surface area contributed by atoms with E-state index in [9.17, 15) is 9.90 Å². The third-order valence-electron chi connectivity index (χ3n) is 6.33. The van der Waals surface area contributed by atoms with Gasteiger partial charge in [0.1, 0.15) is 17.2 Å². The Kier molecular flexibility index (Phi) is 5.73. The number of Topliss-reactive ketones (excluding diaryl/α,β-unsaturated/α-hetero) is 1. The number of halogens is 1. The number of phenols is 1. The Morgan fingerprint density at radius 3 is 2.94 bits per heavy atom. The molecule has 0 aromatic heterocycles. The zero-order valence-corrected chi connectivity index (χ0v) is 19.8. The fraction of sp³-hybridized carbons (Fsp3) is 0.400. The molecule has 3 aliphatic rings. The van der Waals surface area contributed by atoms with Crippen LogP contribution in [0, 0.1) is 12.8 Å². The molecule has 0 radical (unpaired) electrons. The maximum atomic E-state index is 13.3.